The molecule has 0 spiro atoms. The third-order valence-corrected chi connectivity index (χ3v) is 3.96. The maximum Gasteiger partial charge on any atom is 0.243 e. The molecule has 1 fully saturated rings. The van der Waals surface area contributed by atoms with E-state index in [2.05, 4.69) is 22.7 Å². The molecule has 1 aliphatic rings. The van der Waals surface area contributed by atoms with Gasteiger partial charge < -0.3 is 4.74 Å². The van der Waals surface area contributed by atoms with Gasteiger partial charge in [-0.2, -0.15) is 5.10 Å². The molecule has 0 heterocycles. The molecule has 1 aliphatic carbocycles. The highest BCUT2D eigenvalue weighted by Crippen LogP contribution is 2.28. The lowest BCUT2D eigenvalue weighted by molar-refractivity contribution is -0.122. The Bertz CT molecular complexity index is 733. The van der Waals surface area contributed by atoms with E-state index >= 15 is 0 Å². The zero-order chi connectivity index (χ0) is 15.5. The molecule has 0 bridgehead atoms. The quantitative estimate of drug-likeness (QED) is 0.678. The van der Waals surface area contributed by atoms with Crippen LogP contribution in [0.1, 0.15) is 31.7 Å². The van der Waals surface area contributed by atoms with E-state index in [0.29, 0.717) is 0 Å². The lowest BCUT2D eigenvalue weighted by Gasteiger charge is -2.08. The van der Waals surface area contributed by atoms with Crippen LogP contribution < -0.4 is 10.2 Å². The summed E-state index contributed by atoms with van der Waals surface area (Å²) in [5, 5.41) is 6.56. The molecule has 0 unspecified atom stereocenters. The summed E-state index contributed by atoms with van der Waals surface area (Å²) in [5.74, 6) is 1.06. The molecule has 22 heavy (non-hydrogen) atoms. The van der Waals surface area contributed by atoms with Gasteiger partial charge in [-0.1, -0.05) is 25.1 Å². The zero-order valence-electron chi connectivity index (χ0n) is 12.9. The van der Waals surface area contributed by atoms with Crippen molar-refractivity contribution in [3.63, 3.8) is 0 Å². The fourth-order valence-corrected chi connectivity index (χ4v) is 2.44. The van der Waals surface area contributed by atoms with Crippen molar-refractivity contribution in [1.29, 1.82) is 0 Å². The number of nitrogens with one attached hydrogen (secondary N) is 1. The summed E-state index contributed by atoms with van der Waals surface area (Å²) in [6.45, 7) is 2.04. The predicted octanol–water partition coefficient (Wildman–Crippen LogP) is 3.49. The van der Waals surface area contributed by atoms with E-state index in [1.807, 2.05) is 31.2 Å². The van der Waals surface area contributed by atoms with Crippen LogP contribution in [0.15, 0.2) is 41.5 Å². The largest absolute Gasteiger partial charge is 0.497 e. The highest BCUT2D eigenvalue weighted by molar-refractivity contribution is 6.03. The molecule has 4 heteroatoms. The number of ether oxygens (including phenoxy) is 1. The number of amides is 1. The maximum atomic E-state index is 11.7. The molecule has 0 saturated heterocycles. The van der Waals surface area contributed by atoms with Gasteiger partial charge in [-0.15, -0.1) is 0 Å². The Balaban J connectivity index is 1.86. The Morgan fingerprint density at radius 2 is 1.95 bits per heavy atom. The molecule has 2 aromatic carbocycles. The van der Waals surface area contributed by atoms with Crippen LogP contribution in [-0.2, 0) is 4.79 Å². The molecule has 4 nitrogen and oxygen atoms in total. The van der Waals surface area contributed by atoms with Crippen LogP contribution in [0.25, 0.3) is 10.8 Å². The normalized spacial score (nSPS) is 14.9. The van der Waals surface area contributed by atoms with Crippen LogP contribution in [0.5, 0.6) is 5.75 Å². The number of rotatable bonds is 5. The van der Waals surface area contributed by atoms with Crippen molar-refractivity contribution in [2.45, 2.75) is 26.2 Å². The first kappa shape index (κ1) is 14.6. The second-order valence-corrected chi connectivity index (χ2v) is 5.59. The predicted molar refractivity (Wildman–Crippen MR) is 88.2 cm³/mol. The fraction of sp³-hybridized carbons (Fsp3) is 0.333. The van der Waals surface area contributed by atoms with E-state index in [0.717, 1.165) is 47.1 Å². The Labute approximate surface area is 130 Å². The van der Waals surface area contributed by atoms with Gasteiger partial charge >= 0.3 is 0 Å². The Hall–Kier alpha value is -2.36. The smallest absolute Gasteiger partial charge is 0.243 e. The molecule has 2 aromatic rings. The van der Waals surface area contributed by atoms with E-state index in [1.165, 1.54) is 0 Å². The van der Waals surface area contributed by atoms with Crippen LogP contribution in [0.4, 0.5) is 0 Å². The minimum absolute atomic E-state index is 0.0384. The standard InChI is InChI=1S/C18H20N2O2/c1-3-17(19-20-18(21)12-4-5-12)15-7-6-14-11-16(22-2)9-8-13(14)10-15/h6-12H,3-5H2,1-2H3,(H,20,21)/b19-17+. The van der Waals surface area contributed by atoms with Crippen molar-refractivity contribution in [3.05, 3.63) is 42.0 Å². The van der Waals surface area contributed by atoms with E-state index in [4.69, 9.17) is 4.74 Å². The van der Waals surface area contributed by atoms with Gasteiger partial charge in [0.1, 0.15) is 5.75 Å². The first-order valence-corrected chi connectivity index (χ1v) is 7.66. The number of hydrogen-bond acceptors (Lipinski definition) is 3. The van der Waals surface area contributed by atoms with Gasteiger partial charge in [0, 0.05) is 5.92 Å². The molecule has 1 amide bonds. The summed E-state index contributed by atoms with van der Waals surface area (Å²) in [6, 6.07) is 12.2. The maximum absolute atomic E-state index is 11.7. The lowest BCUT2D eigenvalue weighted by atomic mass is 10.0. The lowest BCUT2D eigenvalue weighted by Crippen LogP contribution is -2.21. The van der Waals surface area contributed by atoms with Crippen LogP contribution in [0, 0.1) is 5.92 Å². The van der Waals surface area contributed by atoms with Crippen molar-refractivity contribution >= 4 is 22.4 Å². The minimum atomic E-state index is 0.0384. The number of carbonyl (C=O) groups excluding carboxylic acids is 1. The number of hydrazone groups is 1. The number of methoxy groups -OCH3 is 1. The third kappa shape index (κ3) is 3.11. The first-order valence-electron chi connectivity index (χ1n) is 7.66. The molecule has 0 aliphatic heterocycles. The molecule has 1 N–H and O–H groups in total. The average molecular weight is 296 g/mol. The molecule has 3 rings (SSSR count). The van der Waals surface area contributed by atoms with Gasteiger partial charge in [-0.25, -0.2) is 5.43 Å². The summed E-state index contributed by atoms with van der Waals surface area (Å²) < 4.78 is 5.24. The first-order chi connectivity index (χ1) is 10.7. The van der Waals surface area contributed by atoms with Crippen molar-refractivity contribution in [2.24, 2.45) is 11.0 Å². The van der Waals surface area contributed by atoms with Crippen LogP contribution >= 0.6 is 0 Å². The van der Waals surface area contributed by atoms with Crippen LogP contribution in [0.2, 0.25) is 0 Å². The van der Waals surface area contributed by atoms with Crippen molar-refractivity contribution in [1.82, 2.24) is 5.43 Å². The monoisotopic (exact) mass is 296 g/mol. The van der Waals surface area contributed by atoms with E-state index in [1.54, 1.807) is 7.11 Å². The Morgan fingerprint density at radius 3 is 2.64 bits per heavy atom. The highest BCUT2D eigenvalue weighted by atomic mass is 16.5. The minimum Gasteiger partial charge on any atom is -0.497 e. The van der Waals surface area contributed by atoms with Gasteiger partial charge in [-0.05, 0) is 53.8 Å². The average Bonchev–Trinajstić information content (AvgIpc) is 3.39. The molecular weight excluding hydrogens is 276 g/mol. The summed E-state index contributed by atoms with van der Waals surface area (Å²) in [5.41, 5.74) is 4.62. The number of carbonyl (C=O) groups is 1. The number of fused-ring (bicyclic) bond motifs is 1. The van der Waals surface area contributed by atoms with Crippen molar-refractivity contribution in [2.75, 3.05) is 7.11 Å². The van der Waals surface area contributed by atoms with Crippen molar-refractivity contribution in [3.8, 4) is 5.75 Å². The van der Waals surface area contributed by atoms with Gasteiger partial charge in [-0.3, -0.25) is 4.79 Å². The highest BCUT2D eigenvalue weighted by Gasteiger charge is 2.29. The summed E-state index contributed by atoms with van der Waals surface area (Å²) in [7, 11) is 1.67. The number of hydrogen-bond donors (Lipinski definition) is 1. The van der Waals surface area contributed by atoms with Crippen LogP contribution in [0.3, 0.4) is 0 Å². The fourth-order valence-electron chi connectivity index (χ4n) is 2.44. The van der Waals surface area contributed by atoms with E-state index in [-0.39, 0.29) is 11.8 Å². The molecule has 1 saturated carbocycles. The second-order valence-electron chi connectivity index (χ2n) is 5.59. The topological polar surface area (TPSA) is 50.7 Å². The van der Waals surface area contributed by atoms with E-state index < -0.39 is 0 Å². The molecule has 0 radical (unpaired) electrons. The zero-order valence-corrected chi connectivity index (χ0v) is 12.9. The van der Waals surface area contributed by atoms with Crippen molar-refractivity contribution < 1.29 is 9.53 Å². The summed E-state index contributed by atoms with van der Waals surface area (Å²) in [6.07, 6.45) is 2.74. The van der Waals surface area contributed by atoms with Gasteiger partial charge in [0.25, 0.3) is 0 Å². The SMILES string of the molecule is CC/C(=N\NC(=O)C1CC1)c1ccc2cc(OC)ccc2c1. The van der Waals surface area contributed by atoms with Crippen LogP contribution in [-0.4, -0.2) is 18.7 Å². The third-order valence-electron chi connectivity index (χ3n) is 3.96. The number of nitrogens with zero attached hydrogens (tertiary/aromatic N) is 1. The second kappa shape index (κ2) is 6.18. The van der Waals surface area contributed by atoms with Gasteiger partial charge in [0.15, 0.2) is 0 Å². The number of benzene rings is 2. The molecule has 0 aromatic heterocycles. The van der Waals surface area contributed by atoms with Gasteiger partial charge in [0.05, 0.1) is 12.8 Å². The van der Waals surface area contributed by atoms with E-state index in [9.17, 15) is 4.79 Å². The molecular formula is C18H20N2O2. The molecule has 114 valence electrons. The molecule has 0 atom stereocenters. The Kier molecular flexibility index (Phi) is 4.09. The summed E-state index contributed by atoms with van der Waals surface area (Å²) in [4.78, 5) is 11.7. The Morgan fingerprint density at radius 1 is 1.23 bits per heavy atom. The van der Waals surface area contributed by atoms with Gasteiger partial charge in [0.2, 0.25) is 5.91 Å². The summed E-state index contributed by atoms with van der Waals surface area (Å²) >= 11 is 0.